The van der Waals surface area contributed by atoms with Gasteiger partial charge in [-0.15, -0.1) is 0 Å². The molecule has 122 valence electrons. The normalized spacial score (nSPS) is 15.8. The molecular weight excluding hydrogens is 343 g/mol. The number of rotatable bonds is 3. The fourth-order valence-corrected chi connectivity index (χ4v) is 2.67. The minimum Gasteiger partial charge on any atom is -0.472 e. The maximum absolute atomic E-state index is 12.2. The van der Waals surface area contributed by atoms with Gasteiger partial charge in [0.25, 0.3) is 11.5 Å². The fourth-order valence-electron chi connectivity index (χ4n) is 2.40. The summed E-state index contributed by atoms with van der Waals surface area (Å²) in [5, 5.41) is 4.09. The van der Waals surface area contributed by atoms with Gasteiger partial charge in [-0.2, -0.15) is 5.10 Å². The molecule has 23 heavy (non-hydrogen) atoms. The first-order valence-electron chi connectivity index (χ1n) is 7.01. The van der Waals surface area contributed by atoms with Crippen molar-refractivity contribution in [1.29, 1.82) is 0 Å². The van der Waals surface area contributed by atoms with Crippen molar-refractivity contribution in [3.63, 3.8) is 0 Å². The Bertz CT molecular complexity index is 752. The van der Waals surface area contributed by atoms with Crippen LogP contribution in [0.5, 0.6) is 0 Å². The number of aromatic nitrogens is 2. The molecular formula is C14H14Cl2N4O3. The van der Waals surface area contributed by atoms with Gasteiger partial charge in [0, 0.05) is 26.2 Å². The second-order valence-corrected chi connectivity index (χ2v) is 5.96. The molecule has 1 amide bonds. The van der Waals surface area contributed by atoms with E-state index in [0.717, 1.165) is 0 Å². The zero-order valence-electron chi connectivity index (χ0n) is 12.1. The van der Waals surface area contributed by atoms with E-state index in [4.69, 9.17) is 27.6 Å². The van der Waals surface area contributed by atoms with E-state index in [9.17, 15) is 9.59 Å². The van der Waals surface area contributed by atoms with E-state index in [1.54, 1.807) is 11.0 Å². The number of piperazine rings is 1. The van der Waals surface area contributed by atoms with Crippen LogP contribution in [0, 0.1) is 0 Å². The topological polar surface area (TPSA) is 71.6 Å². The van der Waals surface area contributed by atoms with Gasteiger partial charge in [-0.3, -0.25) is 14.5 Å². The summed E-state index contributed by atoms with van der Waals surface area (Å²) in [7, 11) is 0. The molecule has 3 heterocycles. The molecule has 0 saturated carbocycles. The summed E-state index contributed by atoms with van der Waals surface area (Å²) in [5.41, 5.74) is 0.122. The highest BCUT2D eigenvalue weighted by Gasteiger charge is 2.23. The van der Waals surface area contributed by atoms with E-state index in [1.807, 2.05) is 4.90 Å². The van der Waals surface area contributed by atoms with Crippen molar-refractivity contribution in [2.24, 2.45) is 0 Å². The Hall–Kier alpha value is -1.83. The van der Waals surface area contributed by atoms with Crippen molar-refractivity contribution in [2.45, 2.75) is 6.67 Å². The molecule has 1 aliphatic heterocycles. The molecule has 0 N–H and O–H groups in total. The van der Waals surface area contributed by atoms with Crippen molar-refractivity contribution in [2.75, 3.05) is 26.2 Å². The lowest BCUT2D eigenvalue weighted by Gasteiger charge is -2.34. The Morgan fingerprint density at radius 1 is 1.26 bits per heavy atom. The molecule has 0 radical (unpaired) electrons. The van der Waals surface area contributed by atoms with Crippen molar-refractivity contribution < 1.29 is 9.21 Å². The minimum absolute atomic E-state index is 0.0320. The number of amides is 1. The average molecular weight is 357 g/mol. The predicted molar refractivity (Wildman–Crippen MR) is 84.7 cm³/mol. The SMILES string of the molecule is O=C(c1ccoc1)N1CCN(Cn2ncc(Cl)c(Cl)c2=O)CC1. The zero-order chi connectivity index (χ0) is 16.4. The second kappa shape index (κ2) is 6.74. The molecule has 1 aliphatic rings. The third kappa shape index (κ3) is 3.41. The zero-order valence-corrected chi connectivity index (χ0v) is 13.6. The van der Waals surface area contributed by atoms with E-state index < -0.39 is 5.56 Å². The van der Waals surface area contributed by atoms with Crippen LogP contribution >= 0.6 is 23.2 Å². The Balaban J connectivity index is 1.61. The van der Waals surface area contributed by atoms with E-state index in [-0.39, 0.29) is 16.0 Å². The Morgan fingerprint density at radius 2 is 2.00 bits per heavy atom. The molecule has 1 fully saturated rings. The number of carbonyl (C=O) groups is 1. The number of hydrogen-bond donors (Lipinski definition) is 0. The Kier molecular flexibility index (Phi) is 4.70. The van der Waals surface area contributed by atoms with Crippen LogP contribution in [0.4, 0.5) is 0 Å². The summed E-state index contributed by atoms with van der Waals surface area (Å²) >= 11 is 11.6. The van der Waals surface area contributed by atoms with Gasteiger partial charge in [0.15, 0.2) is 0 Å². The molecule has 7 nitrogen and oxygen atoms in total. The second-order valence-electron chi connectivity index (χ2n) is 5.17. The smallest absolute Gasteiger partial charge is 0.288 e. The quantitative estimate of drug-likeness (QED) is 0.834. The van der Waals surface area contributed by atoms with Crippen LogP contribution < -0.4 is 5.56 Å². The molecule has 0 aromatic carbocycles. The van der Waals surface area contributed by atoms with Crippen LogP contribution in [0.3, 0.4) is 0 Å². The highest BCUT2D eigenvalue weighted by Crippen LogP contribution is 2.15. The van der Waals surface area contributed by atoms with E-state index in [0.29, 0.717) is 38.4 Å². The van der Waals surface area contributed by atoms with Crippen LogP contribution in [0.1, 0.15) is 10.4 Å². The van der Waals surface area contributed by atoms with Crippen molar-refractivity contribution >= 4 is 29.1 Å². The lowest BCUT2D eigenvalue weighted by atomic mass is 10.2. The Morgan fingerprint density at radius 3 is 2.65 bits per heavy atom. The molecule has 2 aromatic rings. The number of nitrogens with zero attached hydrogens (tertiary/aromatic N) is 4. The van der Waals surface area contributed by atoms with Crippen molar-refractivity contribution in [3.8, 4) is 0 Å². The summed E-state index contributed by atoms with van der Waals surface area (Å²) < 4.78 is 6.20. The van der Waals surface area contributed by atoms with E-state index >= 15 is 0 Å². The maximum Gasteiger partial charge on any atom is 0.288 e. The largest absolute Gasteiger partial charge is 0.472 e. The molecule has 0 spiro atoms. The molecule has 3 rings (SSSR count). The van der Waals surface area contributed by atoms with E-state index in [1.165, 1.54) is 23.4 Å². The highest BCUT2D eigenvalue weighted by atomic mass is 35.5. The molecule has 0 atom stereocenters. The molecule has 9 heteroatoms. The average Bonchev–Trinajstić information content (AvgIpc) is 3.10. The molecule has 1 saturated heterocycles. The summed E-state index contributed by atoms with van der Waals surface area (Å²) in [6.07, 6.45) is 4.27. The molecule has 2 aromatic heterocycles. The van der Waals surface area contributed by atoms with Crippen LogP contribution in [0.15, 0.2) is 34.0 Å². The number of furan rings is 1. The van der Waals surface area contributed by atoms with Crippen LogP contribution in [0.25, 0.3) is 0 Å². The van der Waals surface area contributed by atoms with Crippen molar-refractivity contribution in [3.05, 3.63) is 50.8 Å². The molecule has 0 unspecified atom stereocenters. The van der Waals surface area contributed by atoms with Crippen LogP contribution in [-0.4, -0.2) is 51.7 Å². The Labute approximate surface area is 142 Å². The summed E-state index contributed by atoms with van der Waals surface area (Å²) in [6, 6.07) is 1.65. The molecule has 0 aliphatic carbocycles. The maximum atomic E-state index is 12.2. The summed E-state index contributed by atoms with van der Waals surface area (Å²) in [4.78, 5) is 28.0. The van der Waals surface area contributed by atoms with E-state index in [2.05, 4.69) is 5.10 Å². The first-order chi connectivity index (χ1) is 11.1. The lowest BCUT2D eigenvalue weighted by Crippen LogP contribution is -2.49. The third-order valence-electron chi connectivity index (χ3n) is 3.70. The predicted octanol–water partition coefficient (Wildman–Crippen LogP) is 1.56. The lowest BCUT2D eigenvalue weighted by molar-refractivity contribution is 0.0582. The van der Waals surface area contributed by atoms with Gasteiger partial charge in [0.05, 0.1) is 29.7 Å². The summed E-state index contributed by atoms with van der Waals surface area (Å²) in [5.74, 6) is -0.0526. The van der Waals surface area contributed by atoms with Gasteiger partial charge in [-0.1, -0.05) is 23.2 Å². The first-order valence-corrected chi connectivity index (χ1v) is 7.77. The third-order valence-corrected chi connectivity index (χ3v) is 4.45. The monoisotopic (exact) mass is 356 g/mol. The fraction of sp³-hybridized carbons (Fsp3) is 0.357. The van der Waals surface area contributed by atoms with Crippen LogP contribution in [-0.2, 0) is 6.67 Å². The van der Waals surface area contributed by atoms with Gasteiger partial charge >= 0.3 is 0 Å². The highest BCUT2D eigenvalue weighted by molar-refractivity contribution is 6.41. The first kappa shape index (κ1) is 16.0. The van der Waals surface area contributed by atoms with Crippen molar-refractivity contribution in [1.82, 2.24) is 19.6 Å². The summed E-state index contributed by atoms with van der Waals surface area (Å²) in [6.45, 7) is 2.72. The standard InChI is InChI=1S/C14H14Cl2N4O3/c15-11-7-17-20(14(22)12(11)16)9-18-2-4-19(5-3-18)13(21)10-1-6-23-8-10/h1,6-8H,2-5,9H2. The molecule has 0 bridgehead atoms. The van der Waals surface area contributed by atoms with Gasteiger partial charge in [0.1, 0.15) is 11.3 Å². The van der Waals surface area contributed by atoms with Gasteiger partial charge in [-0.05, 0) is 6.07 Å². The van der Waals surface area contributed by atoms with Crippen LogP contribution in [0.2, 0.25) is 10.0 Å². The number of halogens is 2. The van der Waals surface area contributed by atoms with Gasteiger partial charge in [0.2, 0.25) is 0 Å². The number of hydrogen-bond acceptors (Lipinski definition) is 5. The van der Waals surface area contributed by atoms with Gasteiger partial charge in [-0.25, -0.2) is 4.68 Å². The van der Waals surface area contributed by atoms with Gasteiger partial charge < -0.3 is 9.32 Å². The minimum atomic E-state index is -0.420. The number of carbonyl (C=O) groups excluding carboxylic acids is 1.